The van der Waals surface area contributed by atoms with Crippen molar-refractivity contribution in [1.29, 1.82) is 0 Å². The second-order valence-corrected chi connectivity index (χ2v) is 7.12. The van der Waals surface area contributed by atoms with E-state index in [9.17, 15) is 4.79 Å². The minimum absolute atomic E-state index is 0.267. The Bertz CT molecular complexity index is 1240. The van der Waals surface area contributed by atoms with E-state index in [1.165, 1.54) is 7.11 Å². The Morgan fingerprint density at radius 2 is 1.87 bits per heavy atom. The molecule has 0 bridgehead atoms. The normalized spacial score (nSPS) is 10.8. The zero-order chi connectivity index (χ0) is 21.3. The van der Waals surface area contributed by atoms with Gasteiger partial charge >= 0.3 is 0 Å². The molecule has 2 aromatic carbocycles. The van der Waals surface area contributed by atoms with Crippen molar-refractivity contribution in [3.63, 3.8) is 0 Å². The van der Waals surface area contributed by atoms with Gasteiger partial charge < -0.3 is 19.2 Å². The average molecular weight is 401 g/mol. The lowest BCUT2D eigenvalue weighted by molar-refractivity contribution is 0.102. The van der Waals surface area contributed by atoms with E-state index in [-0.39, 0.29) is 5.91 Å². The molecule has 4 aromatic rings. The number of rotatable bonds is 5. The van der Waals surface area contributed by atoms with Gasteiger partial charge in [0.2, 0.25) is 0 Å². The third-order valence-corrected chi connectivity index (χ3v) is 5.04. The molecule has 2 aromatic heterocycles. The molecule has 0 saturated carbocycles. The number of para-hydroxylation sites is 1. The largest absolute Gasteiger partial charge is 0.493 e. The second kappa shape index (κ2) is 7.91. The second-order valence-electron chi connectivity index (χ2n) is 7.12. The molecule has 1 amide bonds. The molecule has 0 spiro atoms. The number of amides is 1. The van der Waals surface area contributed by atoms with E-state index < -0.39 is 0 Å². The monoisotopic (exact) mass is 401 g/mol. The molecule has 0 atom stereocenters. The van der Waals surface area contributed by atoms with Gasteiger partial charge in [0.15, 0.2) is 11.5 Å². The van der Waals surface area contributed by atoms with Gasteiger partial charge in [-0.2, -0.15) is 0 Å². The minimum atomic E-state index is -0.267. The lowest BCUT2D eigenvalue weighted by Crippen LogP contribution is -2.14. The zero-order valence-corrected chi connectivity index (χ0v) is 17.4. The zero-order valence-electron chi connectivity index (χ0n) is 17.4. The van der Waals surface area contributed by atoms with Gasteiger partial charge in [-0.3, -0.25) is 4.79 Å². The summed E-state index contributed by atoms with van der Waals surface area (Å²) in [4.78, 5) is 17.7. The lowest BCUT2D eigenvalue weighted by atomic mass is 10.1. The van der Waals surface area contributed by atoms with Crippen LogP contribution in [-0.4, -0.2) is 29.5 Å². The van der Waals surface area contributed by atoms with Crippen LogP contribution in [0.5, 0.6) is 11.5 Å². The van der Waals surface area contributed by atoms with Crippen LogP contribution in [0.25, 0.3) is 16.9 Å². The van der Waals surface area contributed by atoms with Crippen LogP contribution in [0.3, 0.4) is 0 Å². The lowest BCUT2D eigenvalue weighted by Gasteiger charge is -2.14. The third-order valence-electron chi connectivity index (χ3n) is 5.04. The Morgan fingerprint density at radius 3 is 2.63 bits per heavy atom. The molecule has 152 valence electrons. The van der Waals surface area contributed by atoms with E-state index >= 15 is 0 Å². The molecule has 0 saturated heterocycles. The number of methoxy groups -OCH3 is 2. The molecule has 0 radical (unpaired) electrons. The molecular weight excluding hydrogens is 378 g/mol. The highest BCUT2D eigenvalue weighted by Gasteiger charge is 2.17. The predicted octanol–water partition coefficient (Wildman–Crippen LogP) is 4.89. The summed E-state index contributed by atoms with van der Waals surface area (Å²) in [6, 6.07) is 15.2. The van der Waals surface area contributed by atoms with Crippen LogP contribution >= 0.6 is 0 Å². The molecule has 0 aliphatic rings. The Kier molecular flexibility index (Phi) is 5.14. The third kappa shape index (κ3) is 3.59. The Labute approximate surface area is 175 Å². The van der Waals surface area contributed by atoms with Crippen LogP contribution in [0.2, 0.25) is 0 Å². The van der Waals surface area contributed by atoms with Crippen LogP contribution in [-0.2, 0) is 0 Å². The summed E-state index contributed by atoms with van der Waals surface area (Å²) in [7, 11) is 3.06. The SMILES string of the molecule is COc1cccc(C(=O)Nc2cc(-c3cn4ccc(C)cc4n3)ccc2C)c1OC. The molecular formula is C24H23N3O3. The maximum atomic E-state index is 13.0. The van der Waals surface area contributed by atoms with E-state index in [0.717, 1.165) is 33.7 Å². The number of nitrogens with zero attached hydrogens (tertiary/aromatic N) is 2. The maximum absolute atomic E-state index is 13.0. The number of anilines is 1. The van der Waals surface area contributed by atoms with Crippen LogP contribution < -0.4 is 14.8 Å². The van der Waals surface area contributed by atoms with Gasteiger partial charge in [0.1, 0.15) is 5.65 Å². The first-order valence-electron chi connectivity index (χ1n) is 9.59. The van der Waals surface area contributed by atoms with Crippen LogP contribution in [0.15, 0.2) is 60.9 Å². The number of nitrogens with one attached hydrogen (secondary N) is 1. The van der Waals surface area contributed by atoms with Gasteiger partial charge in [-0.05, 0) is 55.3 Å². The quantitative estimate of drug-likeness (QED) is 0.517. The summed E-state index contributed by atoms with van der Waals surface area (Å²) in [5.74, 6) is 0.647. The number of carbonyl (C=O) groups excluding carboxylic acids is 1. The summed E-state index contributed by atoms with van der Waals surface area (Å²) in [5, 5.41) is 3.00. The molecule has 0 aliphatic heterocycles. The first-order chi connectivity index (χ1) is 14.5. The minimum Gasteiger partial charge on any atom is -0.493 e. The van der Waals surface area contributed by atoms with Crippen molar-refractivity contribution < 1.29 is 14.3 Å². The van der Waals surface area contributed by atoms with Crippen molar-refractivity contribution in [2.24, 2.45) is 0 Å². The molecule has 2 heterocycles. The summed E-state index contributed by atoms with van der Waals surface area (Å²) < 4.78 is 12.7. The van der Waals surface area contributed by atoms with Crippen molar-refractivity contribution >= 4 is 17.2 Å². The predicted molar refractivity (Wildman–Crippen MR) is 118 cm³/mol. The van der Waals surface area contributed by atoms with Crippen molar-refractivity contribution in [2.75, 3.05) is 19.5 Å². The number of carbonyl (C=O) groups is 1. The fourth-order valence-corrected chi connectivity index (χ4v) is 3.39. The summed E-state index contributed by atoms with van der Waals surface area (Å²) in [6.07, 6.45) is 3.98. The number of ether oxygens (including phenoxy) is 2. The first kappa shape index (κ1) is 19.5. The molecule has 0 fully saturated rings. The number of aromatic nitrogens is 2. The summed E-state index contributed by atoms with van der Waals surface area (Å²) in [5.41, 5.74) is 5.89. The highest BCUT2D eigenvalue weighted by Crippen LogP contribution is 2.32. The first-order valence-corrected chi connectivity index (χ1v) is 9.59. The van der Waals surface area contributed by atoms with E-state index in [2.05, 4.69) is 5.32 Å². The van der Waals surface area contributed by atoms with Gasteiger partial charge in [-0.15, -0.1) is 0 Å². The van der Waals surface area contributed by atoms with Crippen LogP contribution in [0.4, 0.5) is 5.69 Å². The number of aryl methyl sites for hydroxylation is 2. The van der Waals surface area contributed by atoms with Gasteiger partial charge in [0.05, 0.1) is 25.5 Å². The molecule has 4 rings (SSSR count). The summed E-state index contributed by atoms with van der Waals surface area (Å²) >= 11 is 0. The van der Waals surface area contributed by atoms with E-state index in [4.69, 9.17) is 14.5 Å². The maximum Gasteiger partial charge on any atom is 0.259 e. The van der Waals surface area contributed by atoms with Crippen LogP contribution in [0.1, 0.15) is 21.5 Å². The topological polar surface area (TPSA) is 64.9 Å². The Morgan fingerprint density at radius 1 is 1.03 bits per heavy atom. The summed E-state index contributed by atoms with van der Waals surface area (Å²) in [6.45, 7) is 4.00. The highest BCUT2D eigenvalue weighted by atomic mass is 16.5. The Hall–Kier alpha value is -3.80. The molecule has 30 heavy (non-hydrogen) atoms. The van der Waals surface area contributed by atoms with Gasteiger partial charge in [-0.1, -0.05) is 18.2 Å². The molecule has 6 nitrogen and oxygen atoms in total. The van der Waals surface area contributed by atoms with E-state index in [0.29, 0.717) is 17.1 Å². The number of fused-ring (bicyclic) bond motifs is 1. The fourth-order valence-electron chi connectivity index (χ4n) is 3.39. The smallest absolute Gasteiger partial charge is 0.259 e. The fraction of sp³-hybridized carbons (Fsp3) is 0.167. The van der Waals surface area contributed by atoms with E-state index in [1.807, 2.05) is 61.0 Å². The highest BCUT2D eigenvalue weighted by molar-refractivity contribution is 6.07. The number of benzene rings is 2. The van der Waals surface area contributed by atoms with Gasteiger partial charge in [0.25, 0.3) is 5.91 Å². The van der Waals surface area contributed by atoms with Crippen molar-refractivity contribution in [1.82, 2.24) is 9.38 Å². The number of imidazole rings is 1. The Balaban J connectivity index is 1.68. The van der Waals surface area contributed by atoms with Crippen LogP contribution in [0, 0.1) is 13.8 Å². The molecule has 1 N–H and O–H groups in total. The van der Waals surface area contributed by atoms with E-state index in [1.54, 1.807) is 25.3 Å². The van der Waals surface area contributed by atoms with Crippen molar-refractivity contribution in [3.05, 3.63) is 77.6 Å². The number of hydrogen-bond acceptors (Lipinski definition) is 4. The molecule has 0 unspecified atom stereocenters. The van der Waals surface area contributed by atoms with Crippen molar-refractivity contribution in [3.8, 4) is 22.8 Å². The van der Waals surface area contributed by atoms with Gasteiger partial charge in [-0.25, -0.2) is 4.98 Å². The average Bonchev–Trinajstić information content (AvgIpc) is 3.17. The molecule has 6 heteroatoms. The molecule has 0 aliphatic carbocycles. The number of hydrogen-bond donors (Lipinski definition) is 1. The standard InChI is InChI=1S/C24H23N3O3/c1-15-10-11-27-14-20(25-22(27)12-15)17-9-8-16(2)19(13-17)26-24(28)18-6-5-7-21(29-3)23(18)30-4/h5-14H,1-4H3,(H,26,28). The van der Waals surface area contributed by atoms with Crippen molar-refractivity contribution in [2.45, 2.75) is 13.8 Å². The van der Waals surface area contributed by atoms with Gasteiger partial charge in [0, 0.05) is 23.6 Å². The number of pyridine rings is 1.